The number of esters is 1. The number of carbonyl (C=O) groups is 2. The van der Waals surface area contributed by atoms with Gasteiger partial charge in [0.05, 0.1) is 22.9 Å². The van der Waals surface area contributed by atoms with Gasteiger partial charge in [0, 0.05) is 12.2 Å². The van der Waals surface area contributed by atoms with Crippen LogP contribution < -0.4 is 9.62 Å². The number of hydrogen-bond donors (Lipinski definition) is 1. The van der Waals surface area contributed by atoms with Gasteiger partial charge < -0.3 is 9.64 Å². The molecule has 0 aliphatic rings. The van der Waals surface area contributed by atoms with E-state index in [1.807, 2.05) is 6.07 Å². The molecular formula is C20H21N3O5S. The largest absolute Gasteiger partial charge is 0.449 e. The zero-order chi connectivity index (χ0) is 21.4. The molecule has 0 aliphatic heterocycles. The van der Waals surface area contributed by atoms with E-state index in [4.69, 9.17) is 10.00 Å². The predicted molar refractivity (Wildman–Crippen MR) is 107 cm³/mol. The lowest BCUT2D eigenvalue weighted by atomic mass is 10.2. The molecule has 0 unspecified atom stereocenters. The molecule has 152 valence electrons. The van der Waals surface area contributed by atoms with E-state index < -0.39 is 28.0 Å². The maximum absolute atomic E-state index is 12.8. The van der Waals surface area contributed by atoms with Crippen molar-refractivity contribution < 1.29 is 22.7 Å². The molecule has 1 N–H and O–H groups in total. The maximum Gasteiger partial charge on any atom is 0.338 e. The van der Waals surface area contributed by atoms with Crippen molar-refractivity contribution in [3.63, 3.8) is 0 Å². The van der Waals surface area contributed by atoms with Gasteiger partial charge in [-0.3, -0.25) is 4.79 Å². The van der Waals surface area contributed by atoms with Crippen molar-refractivity contribution >= 4 is 27.6 Å². The minimum absolute atomic E-state index is 0.00395. The van der Waals surface area contributed by atoms with Crippen molar-refractivity contribution in [2.24, 2.45) is 0 Å². The second-order valence-electron chi connectivity index (χ2n) is 6.02. The summed E-state index contributed by atoms with van der Waals surface area (Å²) in [5, 5.41) is 8.86. The fourth-order valence-corrected chi connectivity index (χ4v) is 3.32. The summed E-state index contributed by atoms with van der Waals surface area (Å²) in [6, 6.07) is 16.1. The van der Waals surface area contributed by atoms with Crippen LogP contribution in [0, 0.1) is 11.3 Å². The Morgan fingerprint density at radius 1 is 1.17 bits per heavy atom. The first-order valence-corrected chi connectivity index (χ1v) is 10.3. The zero-order valence-corrected chi connectivity index (χ0v) is 16.8. The maximum atomic E-state index is 12.8. The standard InChI is InChI=1S/C20H21N3O5S/c1-15(19(24)23(13-7-12-21)17-9-4-3-5-10-17)28-20(25)16-8-6-11-18(14-16)29(26,27)22-2/h3-6,8-11,14-15,22H,7,13H2,1-2H3/t15-/m0/s1. The van der Waals surface area contributed by atoms with E-state index >= 15 is 0 Å². The number of hydrogen-bond acceptors (Lipinski definition) is 6. The molecule has 2 aromatic rings. The van der Waals surface area contributed by atoms with Gasteiger partial charge in [-0.1, -0.05) is 24.3 Å². The van der Waals surface area contributed by atoms with Crippen LogP contribution >= 0.6 is 0 Å². The summed E-state index contributed by atoms with van der Waals surface area (Å²) in [5.74, 6) is -1.31. The lowest BCUT2D eigenvalue weighted by Crippen LogP contribution is -2.40. The minimum Gasteiger partial charge on any atom is -0.449 e. The third kappa shape index (κ3) is 5.63. The first-order valence-electron chi connectivity index (χ1n) is 8.78. The molecule has 2 aromatic carbocycles. The lowest BCUT2D eigenvalue weighted by Gasteiger charge is -2.25. The normalized spacial score (nSPS) is 11.9. The van der Waals surface area contributed by atoms with Crippen molar-refractivity contribution in [3.8, 4) is 6.07 Å². The van der Waals surface area contributed by atoms with Gasteiger partial charge in [0.25, 0.3) is 5.91 Å². The Bertz CT molecular complexity index is 1020. The van der Waals surface area contributed by atoms with Gasteiger partial charge >= 0.3 is 5.97 Å². The van der Waals surface area contributed by atoms with Crippen molar-refractivity contribution in [1.82, 2.24) is 4.72 Å². The van der Waals surface area contributed by atoms with Gasteiger partial charge in [-0.2, -0.15) is 5.26 Å². The van der Waals surface area contributed by atoms with E-state index in [0.29, 0.717) is 5.69 Å². The smallest absolute Gasteiger partial charge is 0.338 e. The Morgan fingerprint density at radius 3 is 2.48 bits per heavy atom. The Kier molecular flexibility index (Phi) is 7.47. The molecule has 2 rings (SSSR count). The Hall–Kier alpha value is -3.22. The quantitative estimate of drug-likeness (QED) is 0.660. The average Bonchev–Trinajstić information content (AvgIpc) is 2.74. The molecule has 0 saturated heterocycles. The molecule has 0 aliphatic carbocycles. The number of anilines is 1. The van der Waals surface area contributed by atoms with Gasteiger partial charge in [0.2, 0.25) is 10.0 Å². The number of para-hydroxylation sites is 1. The van der Waals surface area contributed by atoms with Crippen LogP contribution in [0.1, 0.15) is 23.7 Å². The van der Waals surface area contributed by atoms with E-state index in [2.05, 4.69) is 4.72 Å². The molecule has 29 heavy (non-hydrogen) atoms. The summed E-state index contributed by atoms with van der Waals surface area (Å²) in [6.45, 7) is 1.58. The first-order chi connectivity index (χ1) is 13.8. The number of ether oxygens (including phenoxy) is 1. The van der Waals surface area contributed by atoms with Crippen LogP contribution in [0.5, 0.6) is 0 Å². The molecule has 0 aromatic heterocycles. The van der Waals surface area contributed by atoms with Crippen LogP contribution in [0.15, 0.2) is 59.5 Å². The zero-order valence-electron chi connectivity index (χ0n) is 16.0. The van der Waals surface area contributed by atoms with Crippen LogP contribution in [0.3, 0.4) is 0 Å². The number of nitrogens with zero attached hydrogens (tertiary/aromatic N) is 2. The number of nitrogens with one attached hydrogen (secondary N) is 1. The number of rotatable bonds is 8. The molecule has 0 bridgehead atoms. The van der Waals surface area contributed by atoms with Crippen molar-refractivity contribution in [2.45, 2.75) is 24.3 Å². The topological polar surface area (TPSA) is 117 Å². The highest BCUT2D eigenvalue weighted by Gasteiger charge is 2.26. The van der Waals surface area contributed by atoms with Crippen LogP contribution in [-0.2, 0) is 19.6 Å². The van der Waals surface area contributed by atoms with E-state index in [1.54, 1.807) is 30.3 Å². The number of amides is 1. The van der Waals surface area contributed by atoms with Crippen LogP contribution in [-0.4, -0.2) is 40.0 Å². The fourth-order valence-electron chi connectivity index (χ4n) is 2.54. The fraction of sp³-hybridized carbons (Fsp3) is 0.250. The Morgan fingerprint density at radius 2 is 1.86 bits per heavy atom. The highest BCUT2D eigenvalue weighted by molar-refractivity contribution is 7.89. The van der Waals surface area contributed by atoms with Crippen LogP contribution in [0.25, 0.3) is 0 Å². The summed E-state index contributed by atoms with van der Waals surface area (Å²) in [7, 11) is -2.46. The summed E-state index contributed by atoms with van der Waals surface area (Å²) < 4.78 is 31.2. The van der Waals surface area contributed by atoms with Gasteiger partial charge in [-0.05, 0) is 44.3 Å². The van der Waals surface area contributed by atoms with Gasteiger partial charge in [0.1, 0.15) is 0 Å². The van der Waals surface area contributed by atoms with Crippen LogP contribution in [0.2, 0.25) is 0 Å². The molecule has 0 spiro atoms. The number of benzene rings is 2. The van der Waals surface area contributed by atoms with Crippen LogP contribution in [0.4, 0.5) is 5.69 Å². The van der Waals surface area contributed by atoms with Gasteiger partial charge in [-0.15, -0.1) is 0 Å². The number of nitriles is 1. The summed E-state index contributed by atoms with van der Waals surface area (Å²) in [6.07, 6.45) is -1.02. The molecule has 0 saturated carbocycles. The summed E-state index contributed by atoms with van der Waals surface area (Å²) in [4.78, 5) is 26.6. The summed E-state index contributed by atoms with van der Waals surface area (Å²) in [5.41, 5.74) is 0.585. The number of sulfonamides is 1. The molecule has 9 heteroatoms. The predicted octanol–water partition coefficient (Wildman–Crippen LogP) is 2.09. The third-order valence-electron chi connectivity index (χ3n) is 4.06. The summed E-state index contributed by atoms with van der Waals surface area (Å²) >= 11 is 0. The lowest BCUT2D eigenvalue weighted by molar-refractivity contribution is -0.126. The molecule has 1 amide bonds. The minimum atomic E-state index is -3.72. The molecular weight excluding hydrogens is 394 g/mol. The Balaban J connectivity index is 2.18. The van der Waals surface area contributed by atoms with Gasteiger partial charge in [0.15, 0.2) is 6.10 Å². The van der Waals surface area contributed by atoms with Crippen molar-refractivity contribution in [1.29, 1.82) is 5.26 Å². The monoisotopic (exact) mass is 415 g/mol. The second kappa shape index (κ2) is 9.82. The number of carbonyl (C=O) groups excluding carboxylic acids is 2. The molecule has 1 atom stereocenters. The second-order valence-corrected chi connectivity index (χ2v) is 7.90. The first kappa shape index (κ1) is 22.1. The highest BCUT2D eigenvalue weighted by Crippen LogP contribution is 2.17. The van der Waals surface area contributed by atoms with Gasteiger partial charge in [-0.25, -0.2) is 17.9 Å². The van der Waals surface area contributed by atoms with Crippen molar-refractivity contribution in [3.05, 3.63) is 60.2 Å². The van der Waals surface area contributed by atoms with E-state index in [1.165, 1.54) is 43.1 Å². The van der Waals surface area contributed by atoms with Crippen molar-refractivity contribution in [2.75, 3.05) is 18.5 Å². The molecule has 0 fully saturated rings. The molecule has 0 heterocycles. The highest BCUT2D eigenvalue weighted by atomic mass is 32.2. The van der Waals surface area contributed by atoms with E-state index in [-0.39, 0.29) is 23.4 Å². The Labute approximate surface area is 169 Å². The third-order valence-corrected chi connectivity index (χ3v) is 5.47. The molecule has 0 radical (unpaired) electrons. The average molecular weight is 415 g/mol. The van der Waals surface area contributed by atoms with E-state index in [0.717, 1.165) is 0 Å². The SMILES string of the molecule is CNS(=O)(=O)c1cccc(C(=O)O[C@@H](C)C(=O)N(CCC#N)c2ccccc2)c1. The van der Waals surface area contributed by atoms with E-state index in [9.17, 15) is 18.0 Å². The molecule has 8 nitrogen and oxygen atoms in total.